The molecule has 0 unspecified atom stereocenters. The Bertz CT molecular complexity index is 1010. The van der Waals surface area contributed by atoms with Gasteiger partial charge in [-0.05, 0) is 44.9 Å². The molecule has 0 aliphatic carbocycles. The number of thioether (sulfide) groups is 1. The van der Waals surface area contributed by atoms with Crippen molar-refractivity contribution in [3.05, 3.63) is 48.2 Å². The van der Waals surface area contributed by atoms with Crippen molar-refractivity contribution in [1.82, 2.24) is 19.7 Å². The standard InChI is InChI=1S/C22H26N6OS/c1-3-28-21(17-8-6-7-16(2)13-17)25-26-22(28)30-15-20(29)24-18-9-10-19(23-14-18)27-11-4-5-12-27/h6-10,13-14H,3-5,11-12,15H2,1-2H3,(H,24,29). The van der Waals surface area contributed by atoms with Crippen LogP contribution in [-0.2, 0) is 11.3 Å². The van der Waals surface area contributed by atoms with Crippen LogP contribution in [0.4, 0.5) is 11.5 Å². The highest BCUT2D eigenvalue weighted by molar-refractivity contribution is 7.99. The number of pyridine rings is 1. The van der Waals surface area contributed by atoms with Gasteiger partial charge in [-0.15, -0.1) is 10.2 Å². The summed E-state index contributed by atoms with van der Waals surface area (Å²) in [6, 6.07) is 12.1. The molecule has 4 rings (SSSR count). The average Bonchev–Trinajstić information content (AvgIpc) is 3.43. The molecule has 2 aromatic heterocycles. The predicted octanol–water partition coefficient (Wildman–Crippen LogP) is 4.00. The Morgan fingerprint density at radius 1 is 1.17 bits per heavy atom. The van der Waals surface area contributed by atoms with Gasteiger partial charge in [0.05, 0.1) is 17.6 Å². The molecule has 3 aromatic rings. The molecule has 1 aromatic carbocycles. The first-order valence-electron chi connectivity index (χ1n) is 10.3. The van der Waals surface area contributed by atoms with Gasteiger partial charge in [0.1, 0.15) is 5.82 Å². The van der Waals surface area contributed by atoms with Gasteiger partial charge in [-0.25, -0.2) is 4.98 Å². The first kappa shape index (κ1) is 20.4. The number of nitrogens with one attached hydrogen (secondary N) is 1. The molecule has 1 N–H and O–H groups in total. The lowest BCUT2D eigenvalue weighted by atomic mass is 10.1. The van der Waals surface area contributed by atoms with Gasteiger partial charge < -0.3 is 14.8 Å². The molecule has 1 saturated heterocycles. The third kappa shape index (κ3) is 4.64. The third-order valence-corrected chi connectivity index (χ3v) is 6.07. The highest BCUT2D eigenvalue weighted by Gasteiger charge is 2.16. The van der Waals surface area contributed by atoms with Crippen LogP contribution in [0.25, 0.3) is 11.4 Å². The van der Waals surface area contributed by atoms with Crippen LogP contribution in [0.1, 0.15) is 25.3 Å². The van der Waals surface area contributed by atoms with Gasteiger partial charge in [0.15, 0.2) is 11.0 Å². The van der Waals surface area contributed by atoms with Crippen molar-refractivity contribution in [2.24, 2.45) is 0 Å². The topological polar surface area (TPSA) is 75.9 Å². The summed E-state index contributed by atoms with van der Waals surface area (Å²) in [4.78, 5) is 19.2. The van der Waals surface area contributed by atoms with Crippen molar-refractivity contribution in [2.75, 3.05) is 29.1 Å². The molecule has 1 aliphatic heterocycles. The van der Waals surface area contributed by atoms with Gasteiger partial charge in [0.2, 0.25) is 5.91 Å². The van der Waals surface area contributed by atoms with Crippen LogP contribution in [0.5, 0.6) is 0 Å². The van der Waals surface area contributed by atoms with Gasteiger partial charge in [0, 0.05) is 25.2 Å². The Kier molecular flexibility index (Phi) is 6.32. The number of carbonyl (C=O) groups excluding carboxylic acids is 1. The van der Waals surface area contributed by atoms with Gasteiger partial charge >= 0.3 is 0 Å². The van der Waals surface area contributed by atoms with Crippen LogP contribution in [0, 0.1) is 6.92 Å². The molecule has 0 atom stereocenters. The normalized spacial score (nSPS) is 13.6. The first-order valence-corrected chi connectivity index (χ1v) is 11.3. The highest BCUT2D eigenvalue weighted by atomic mass is 32.2. The number of benzene rings is 1. The summed E-state index contributed by atoms with van der Waals surface area (Å²) in [5, 5.41) is 12.3. The molecule has 0 radical (unpaired) electrons. The Hall–Kier alpha value is -2.87. The maximum Gasteiger partial charge on any atom is 0.234 e. The number of aryl methyl sites for hydroxylation is 1. The van der Waals surface area contributed by atoms with E-state index in [0.717, 1.165) is 42.0 Å². The second-order valence-electron chi connectivity index (χ2n) is 7.36. The third-order valence-electron chi connectivity index (χ3n) is 5.10. The maximum atomic E-state index is 12.4. The smallest absolute Gasteiger partial charge is 0.234 e. The second kappa shape index (κ2) is 9.30. The molecular weight excluding hydrogens is 396 g/mol. The molecule has 0 saturated carbocycles. The second-order valence-corrected chi connectivity index (χ2v) is 8.30. The SMILES string of the molecule is CCn1c(SCC(=O)Nc2ccc(N3CCCC3)nc2)nnc1-c1cccc(C)c1. The van der Waals surface area contributed by atoms with E-state index in [0.29, 0.717) is 5.69 Å². The van der Waals surface area contributed by atoms with Crippen LogP contribution in [0.3, 0.4) is 0 Å². The van der Waals surface area contributed by atoms with E-state index in [9.17, 15) is 4.79 Å². The Balaban J connectivity index is 1.37. The van der Waals surface area contributed by atoms with E-state index in [1.807, 2.05) is 28.8 Å². The highest BCUT2D eigenvalue weighted by Crippen LogP contribution is 2.25. The van der Waals surface area contributed by atoms with Crippen molar-refractivity contribution in [3.8, 4) is 11.4 Å². The maximum absolute atomic E-state index is 12.4. The van der Waals surface area contributed by atoms with Gasteiger partial charge in [-0.2, -0.15) is 0 Å². The monoisotopic (exact) mass is 422 g/mol. The lowest BCUT2D eigenvalue weighted by Crippen LogP contribution is -2.19. The summed E-state index contributed by atoms with van der Waals surface area (Å²) < 4.78 is 2.04. The summed E-state index contributed by atoms with van der Waals surface area (Å²) in [5.74, 6) is 1.98. The molecule has 156 valence electrons. The van der Waals surface area contributed by atoms with E-state index in [4.69, 9.17) is 0 Å². The number of aromatic nitrogens is 4. The number of nitrogens with zero attached hydrogens (tertiary/aromatic N) is 5. The largest absolute Gasteiger partial charge is 0.357 e. The minimum absolute atomic E-state index is 0.0847. The number of anilines is 2. The summed E-state index contributed by atoms with van der Waals surface area (Å²) in [5.41, 5.74) is 2.92. The lowest BCUT2D eigenvalue weighted by molar-refractivity contribution is -0.113. The fourth-order valence-electron chi connectivity index (χ4n) is 3.60. The Labute approximate surface area is 180 Å². The number of rotatable bonds is 7. The van der Waals surface area contributed by atoms with Crippen LogP contribution in [0.15, 0.2) is 47.8 Å². The molecule has 8 heteroatoms. The molecule has 0 spiro atoms. The van der Waals surface area contributed by atoms with E-state index in [1.54, 1.807) is 6.20 Å². The van der Waals surface area contributed by atoms with E-state index >= 15 is 0 Å². The summed E-state index contributed by atoms with van der Waals surface area (Å²) in [6.07, 6.45) is 4.15. The summed E-state index contributed by atoms with van der Waals surface area (Å²) >= 11 is 1.39. The zero-order valence-corrected chi connectivity index (χ0v) is 18.2. The van der Waals surface area contributed by atoms with Crippen molar-refractivity contribution in [2.45, 2.75) is 38.4 Å². The van der Waals surface area contributed by atoms with E-state index in [1.165, 1.54) is 30.2 Å². The zero-order chi connectivity index (χ0) is 20.9. The van der Waals surface area contributed by atoms with Crippen molar-refractivity contribution < 1.29 is 4.79 Å². The van der Waals surface area contributed by atoms with Crippen LogP contribution < -0.4 is 10.2 Å². The molecule has 30 heavy (non-hydrogen) atoms. The van der Waals surface area contributed by atoms with Gasteiger partial charge in [-0.3, -0.25) is 4.79 Å². The molecule has 3 heterocycles. The van der Waals surface area contributed by atoms with Crippen molar-refractivity contribution in [1.29, 1.82) is 0 Å². The van der Waals surface area contributed by atoms with E-state index < -0.39 is 0 Å². The fourth-order valence-corrected chi connectivity index (χ4v) is 4.40. The van der Waals surface area contributed by atoms with E-state index in [-0.39, 0.29) is 11.7 Å². The minimum Gasteiger partial charge on any atom is -0.357 e. The molecule has 7 nitrogen and oxygen atoms in total. The van der Waals surface area contributed by atoms with Crippen LogP contribution in [0.2, 0.25) is 0 Å². The molecular formula is C22H26N6OS. The fraction of sp³-hybridized carbons (Fsp3) is 0.364. The van der Waals surface area contributed by atoms with Gasteiger partial charge in [-0.1, -0.05) is 35.5 Å². The zero-order valence-electron chi connectivity index (χ0n) is 17.3. The molecule has 1 aliphatic rings. The average molecular weight is 423 g/mol. The Morgan fingerprint density at radius 2 is 2.00 bits per heavy atom. The summed E-state index contributed by atoms with van der Waals surface area (Å²) in [7, 11) is 0. The molecule has 1 amide bonds. The van der Waals surface area contributed by atoms with Gasteiger partial charge in [0.25, 0.3) is 0 Å². The molecule has 1 fully saturated rings. The van der Waals surface area contributed by atoms with Crippen LogP contribution in [-0.4, -0.2) is 44.5 Å². The number of amides is 1. The lowest BCUT2D eigenvalue weighted by Gasteiger charge is -2.16. The summed E-state index contributed by atoms with van der Waals surface area (Å²) in [6.45, 7) is 6.96. The number of carbonyl (C=O) groups is 1. The number of hydrogen-bond acceptors (Lipinski definition) is 6. The minimum atomic E-state index is -0.0847. The van der Waals surface area contributed by atoms with Crippen molar-refractivity contribution >= 4 is 29.2 Å². The van der Waals surface area contributed by atoms with Crippen molar-refractivity contribution in [3.63, 3.8) is 0 Å². The quantitative estimate of drug-likeness (QED) is 0.580. The van der Waals surface area contributed by atoms with Crippen LogP contribution >= 0.6 is 11.8 Å². The van der Waals surface area contributed by atoms with E-state index in [2.05, 4.69) is 51.4 Å². The predicted molar refractivity (Wildman–Crippen MR) is 121 cm³/mol. The number of hydrogen-bond donors (Lipinski definition) is 1. The Morgan fingerprint density at radius 3 is 2.70 bits per heavy atom. The first-order chi connectivity index (χ1) is 14.6. The molecule has 0 bridgehead atoms.